The maximum atomic E-state index is 12.2. The molecule has 2 heterocycles. The number of nitrogens with zero attached hydrogens (tertiary/aromatic N) is 3. The second-order valence-corrected chi connectivity index (χ2v) is 6.06. The van der Waals surface area contributed by atoms with Crippen LogP contribution in [0, 0.1) is 5.41 Å². The summed E-state index contributed by atoms with van der Waals surface area (Å²) in [4.78, 5) is 14.2. The highest BCUT2D eigenvalue weighted by atomic mass is 16.2. The summed E-state index contributed by atoms with van der Waals surface area (Å²) in [5.74, 6) is 0.163. The van der Waals surface area contributed by atoms with Gasteiger partial charge in [0.2, 0.25) is 5.91 Å². The van der Waals surface area contributed by atoms with Crippen molar-refractivity contribution in [3.8, 4) is 0 Å². The van der Waals surface area contributed by atoms with Crippen LogP contribution in [-0.2, 0) is 11.3 Å². The van der Waals surface area contributed by atoms with Crippen molar-refractivity contribution in [1.82, 2.24) is 14.7 Å². The van der Waals surface area contributed by atoms with Gasteiger partial charge in [0.15, 0.2) is 0 Å². The van der Waals surface area contributed by atoms with Crippen molar-refractivity contribution in [3.63, 3.8) is 0 Å². The third-order valence-corrected chi connectivity index (χ3v) is 4.79. The van der Waals surface area contributed by atoms with Crippen LogP contribution >= 0.6 is 0 Å². The van der Waals surface area contributed by atoms with Crippen molar-refractivity contribution in [2.45, 2.75) is 45.1 Å². The first-order valence-corrected chi connectivity index (χ1v) is 7.23. The van der Waals surface area contributed by atoms with E-state index in [1.165, 1.54) is 38.5 Å². The van der Waals surface area contributed by atoms with Crippen molar-refractivity contribution in [3.05, 3.63) is 12.4 Å². The Bertz CT molecular complexity index is 452. The van der Waals surface area contributed by atoms with Gasteiger partial charge in [0.1, 0.15) is 6.54 Å². The van der Waals surface area contributed by atoms with Gasteiger partial charge in [-0.15, -0.1) is 0 Å². The molecule has 1 spiro atoms. The van der Waals surface area contributed by atoms with Gasteiger partial charge in [-0.3, -0.25) is 9.48 Å². The fraction of sp³-hybridized carbons (Fsp3) is 0.714. The van der Waals surface area contributed by atoms with E-state index in [2.05, 4.69) is 5.10 Å². The van der Waals surface area contributed by atoms with Crippen molar-refractivity contribution in [2.24, 2.45) is 5.41 Å². The number of piperidine rings is 1. The third kappa shape index (κ3) is 2.60. The molecule has 1 aliphatic carbocycles. The largest absolute Gasteiger partial charge is 0.396 e. The summed E-state index contributed by atoms with van der Waals surface area (Å²) in [6.07, 6.45) is 11.1. The number of rotatable bonds is 2. The van der Waals surface area contributed by atoms with Crippen LogP contribution in [0.3, 0.4) is 0 Å². The second kappa shape index (κ2) is 4.87. The Labute approximate surface area is 113 Å². The minimum Gasteiger partial charge on any atom is -0.396 e. The first-order valence-electron chi connectivity index (χ1n) is 7.23. The Morgan fingerprint density at radius 2 is 1.95 bits per heavy atom. The van der Waals surface area contributed by atoms with Gasteiger partial charge in [-0.1, -0.05) is 12.8 Å². The monoisotopic (exact) mass is 262 g/mol. The van der Waals surface area contributed by atoms with Crippen LogP contribution in [0.5, 0.6) is 0 Å². The minimum atomic E-state index is 0.163. The Kier molecular flexibility index (Phi) is 3.21. The predicted octanol–water partition coefficient (Wildman–Crippen LogP) is 1.65. The zero-order chi connectivity index (χ0) is 13.3. The molecule has 1 saturated heterocycles. The van der Waals surface area contributed by atoms with Gasteiger partial charge in [0.25, 0.3) is 0 Å². The summed E-state index contributed by atoms with van der Waals surface area (Å²) < 4.78 is 1.62. The third-order valence-electron chi connectivity index (χ3n) is 4.79. The molecule has 0 bridgehead atoms. The molecule has 0 aromatic carbocycles. The summed E-state index contributed by atoms with van der Waals surface area (Å²) >= 11 is 0. The van der Waals surface area contributed by atoms with Gasteiger partial charge in [-0.05, 0) is 31.1 Å². The number of hydrogen-bond donors (Lipinski definition) is 1. The number of amides is 1. The molecule has 2 aliphatic rings. The summed E-state index contributed by atoms with van der Waals surface area (Å²) in [6.45, 7) is 2.13. The number of carbonyl (C=O) groups excluding carboxylic acids is 1. The fourth-order valence-electron chi connectivity index (χ4n) is 3.56. The zero-order valence-electron chi connectivity index (χ0n) is 11.3. The van der Waals surface area contributed by atoms with E-state index in [1.807, 2.05) is 4.90 Å². The second-order valence-electron chi connectivity index (χ2n) is 6.06. The summed E-state index contributed by atoms with van der Waals surface area (Å²) in [5.41, 5.74) is 6.77. The number of likely N-dealkylation sites (tertiary alicyclic amines) is 1. The van der Waals surface area contributed by atoms with Crippen LogP contribution in [-0.4, -0.2) is 33.7 Å². The van der Waals surface area contributed by atoms with Gasteiger partial charge in [-0.2, -0.15) is 5.10 Å². The number of hydrogen-bond acceptors (Lipinski definition) is 3. The van der Waals surface area contributed by atoms with Crippen molar-refractivity contribution in [1.29, 1.82) is 0 Å². The first kappa shape index (κ1) is 12.5. The highest BCUT2D eigenvalue weighted by Gasteiger charge is 2.37. The van der Waals surface area contributed by atoms with Crippen LogP contribution in [0.25, 0.3) is 0 Å². The van der Waals surface area contributed by atoms with Crippen LogP contribution in [0.4, 0.5) is 5.69 Å². The first-order chi connectivity index (χ1) is 9.17. The van der Waals surface area contributed by atoms with E-state index in [0.717, 1.165) is 13.1 Å². The molecule has 2 N–H and O–H groups in total. The Morgan fingerprint density at radius 1 is 1.26 bits per heavy atom. The smallest absolute Gasteiger partial charge is 0.244 e. The molecule has 1 amide bonds. The summed E-state index contributed by atoms with van der Waals surface area (Å²) in [5, 5.41) is 4.07. The molecule has 5 heteroatoms. The van der Waals surface area contributed by atoms with Crippen LogP contribution in [0.15, 0.2) is 12.4 Å². The van der Waals surface area contributed by atoms with Gasteiger partial charge < -0.3 is 10.6 Å². The maximum absolute atomic E-state index is 12.2. The molecular weight excluding hydrogens is 240 g/mol. The Balaban J connectivity index is 1.54. The number of aromatic nitrogens is 2. The van der Waals surface area contributed by atoms with Gasteiger partial charge in [0.05, 0.1) is 11.9 Å². The van der Waals surface area contributed by atoms with Crippen LogP contribution in [0.1, 0.15) is 38.5 Å². The Morgan fingerprint density at radius 3 is 2.53 bits per heavy atom. The average Bonchev–Trinajstić information content (AvgIpc) is 3.00. The van der Waals surface area contributed by atoms with E-state index < -0.39 is 0 Å². The van der Waals surface area contributed by atoms with E-state index in [0.29, 0.717) is 17.6 Å². The molecule has 0 radical (unpaired) electrons. The van der Waals surface area contributed by atoms with Crippen LogP contribution in [0.2, 0.25) is 0 Å². The molecule has 0 unspecified atom stereocenters. The van der Waals surface area contributed by atoms with E-state index in [4.69, 9.17) is 5.73 Å². The minimum absolute atomic E-state index is 0.163. The lowest BCUT2D eigenvalue weighted by atomic mass is 9.77. The van der Waals surface area contributed by atoms with Gasteiger partial charge >= 0.3 is 0 Å². The molecular formula is C14H22N4O. The van der Waals surface area contributed by atoms with E-state index in [9.17, 15) is 4.79 Å². The zero-order valence-corrected chi connectivity index (χ0v) is 11.3. The molecule has 1 aromatic heterocycles. The molecule has 2 fully saturated rings. The standard InChI is InChI=1S/C14H22N4O/c15-12-9-16-18(10-12)11-13(19)17-7-5-14(6-8-17)3-1-2-4-14/h9-10H,1-8,11,15H2. The van der Waals surface area contributed by atoms with E-state index >= 15 is 0 Å². The lowest BCUT2D eigenvalue weighted by molar-refractivity contribution is -0.134. The molecule has 1 aliphatic heterocycles. The summed E-state index contributed by atoms with van der Waals surface area (Å²) in [6, 6.07) is 0. The molecule has 19 heavy (non-hydrogen) atoms. The van der Waals surface area contributed by atoms with E-state index in [-0.39, 0.29) is 5.91 Å². The fourth-order valence-corrected chi connectivity index (χ4v) is 3.56. The molecule has 5 nitrogen and oxygen atoms in total. The molecule has 3 rings (SSSR count). The number of anilines is 1. The molecule has 0 atom stereocenters. The predicted molar refractivity (Wildman–Crippen MR) is 73.4 cm³/mol. The van der Waals surface area contributed by atoms with Gasteiger partial charge in [0, 0.05) is 19.3 Å². The lowest BCUT2D eigenvalue weighted by Crippen LogP contribution is -2.43. The van der Waals surface area contributed by atoms with Crippen molar-refractivity contribution >= 4 is 11.6 Å². The van der Waals surface area contributed by atoms with Crippen molar-refractivity contribution in [2.75, 3.05) is 18.8 Å². The molecule has 1 aromatic rings. The molecule has 1 saturated carbocycles. The molecule has 104 valence electrons. The van der Waals surface area contributed by atoms with Gasteiger partial charge in [-0.25, -0.2) is 0 Å². The normalized spacial score (nSPS) is 22.0. The highest BCUT2D eigenvalue weighted by molar-refractivity contribution is 5.76. The quantitative estimate of drug-likeness (QED) is 0.881. The summed E-state index contributed by atoms with van der Waals surface area (Å²) in [7, 11) is 0. The topological polar surface area (TPSA) is 64.1 Å². The number of nitrogen functional groups attached to an aromatic ring is 1. The SMILES string of the molecule is Nc1cnn(CC(=O)N2CCC3(CCCC3)CC2)c1. The maximum Gasteiger partial charge on any atom is 0.244 e. The van der Waals surface area contributed by atoms with E-state index in [1.54, 1.807) is 17.1 Å². The average molecular weight is 262 g/mol. The van der Waals surface area contributed by atoms with Crippen molar-refractivity contribution < 1.29 is 4.79 Å². The highest BCUT2D eigenvalue weighted by Crippen LogP contribution is 2.46. The van der Waals surface area contributed by atoms with Crippen LogP contribution < -0.4 is 5.73 Å². The number of carbonyl (C=O) groups is 1. The Hall–Kier alpha value is -1.52. The lowest BCUT2D eigenvalue weighted by Gasteiger charge is -2.39. The number of nitrogens with two attached hydrogens (primary N) is 1.